The molecule has 4 aromatic rings. The molecule has 0 saturated carbocycles. The Labute approximate surface area is 159 Å². The maximum atomic E-state index is 12.2. The predicted octanol–water partition coefficient (Wildman–Crippen LogP) is 3.80. The number of thiazole rings is 1. The number of rotatable bonds is 5. The number of carbonyl (C=O) groups excluding carboxylic acids is 1. The zero-order valence-corrected chi connectivity index (χ0v) is 15.6. The van der Waals surface area contributed by atoms with E-state index >= 15 is 0 Å². The molecule has 6 nitrogen and oxygen atoms in total. The Morgan fingerprint density at radius 2 is 2.00 bits per heavy atom. The number of amides is 1. The fourth-order valence-electron chi connectivity index (χ4n) is 2.99. The lowest BCUT2D eigenvalue weighted by Crippen LogP contribution is -2.14. The number of carbonyl (C=O) groups is 1. The average Bonchev–Trinajstić information content (AvgIpc) is 3.05. The maximum absolute atomic E-state index is 12.2. The van der Waals surface area contributed by atoms with Crippen molar-refractivity contribution < 1.29 is 4.79 Å². The van der Waals surface area contributed by atoms with Gasteiger partial charge in [0.1, 0.15) is 5.82 Å². The highest BCUT2D eigenvalue weighted by Crippen LogP contribution is 2.27. The van der Waals surface area contributed by atoms with Crippen LogP contribution in [-0.2, 0) is 11.2 Å². The van der Waals surface area contributed by atoms with E-state index < -0.39 is 0 Å². The molecule has 0 atom stereocenters. The van der Waals surface area contributed by atoms with Crippen molar-refractivity contribution in [3.05, 3.63) is 64.2 Å². The van der Waals surface area contributed by atoms with Crippen molar-refractivity contribution >= 4 is 43.5 Å². The number of aryl methyl sites for hydroxylation is 2. The summed E-state index contributed by atoms with van der Waals surface area (Å²) in [6.07, 6.45) is 1.47. The van der Waals surface area contributed by atoms with Crippen LogP contribution in [0.25, 0.3) is 21.1 Å². The van der Waals surface area contributed by atoms with E-state index in [2.05, 4.69) is 20.3 Å². The van der Waals surface area contributed by atoms with Gasteiger partial charge in [-0.1, -0.05) is 35.6 Å². The molecule has 0 aliphatic heterocycles. The van der Waals surface area contributed by atoms with Crippen molar-refractivity contribution in [3.8, 4) is 0 Å². The molecule has 2 heterocycles. The van der Waals surface area contributed by atoms with Gasteiger partial charge in [0, 0.05) is 12.8 Å². The van der Waals surface area contributed by atoms with E-state index in [4.69, 9.17) is 0 Å². The molecule has 0 radical (unpaired) electrons. The molecule has 0 bridgehead atoms. The number of anilines is 1. The molecule has 7 heteroatoms. The number of hydrogen-bond donors (Lipinski definition) is 2. The lowest BCUT2D eigenvalue weighted by atomic mass is 10.2. The zero-order valence-electron chi connectivity index (χ0n) is 14.8. The van der Waals surface area contributed by atoms with Crippen LogP contribution in [0.5, 0.6) is 0 Å². The molecule has 2 aromatic carbocycles. The Morgan fingerprint density at radius 1 is 1.15 bits per heavy atom. The Balaban J connectivity index is 1.38. The van der Waals surface area contributed by atoms with Crippen molar-refractivity contribution in [2.24, 2.45) is 0 Å². The number of nitrogens with zero attached hydrogens (tertiary/aromatic N) is 2. The van der Waals surface area contributed by atoms with Gasteiger partial charge in [-0.25, -0.2) is 9.97 Å². The van der Waals surface area contributed by atoms with Crippen LogP contribution in [0.1, 0.15) is 24.2 Å². The zero-order chi connectivity index (χ0) is 18.8. The van der Waals surface area contributed by atoms with Gasteiger partial charge in [0.05, 0.1) is 21.1 Å². The molecule has 1 amide bonds. The van der Waals surface area contributed by atoms with Crippen LogP contribution in [0.4, 0.5) is 5.13 Å². The second kappa shape index (κ2) is 7.28. The third-order valence-electron chi connectivity index (χ3n) is 4.35. The number of H-pyrrole nitrogens is 1. The molecular formula is C20H18N4O2S. The van der Waals surface area contributed by atoms with E-state index in [1.165, 1.54) is 11.3 Å². The first-order valence-electron chi connectivity index (χ1n) is 8.74. The molecule has 0 spiro atoms. The second-order valence-corrected chi connectivity index (χ2v) is 7.40. The molecule has 2 aromatic heterocycles. The smallest absolute Gasteiger partial charge is 0.258 e. The Morgan fingerprint density at radius 3 is 2.85 bits per heavy atom. The largest absolute Gasteiger partial charge is 0.310 e. The van der Waals surface area contributed by atoms with Crippen LogP contribution in [0.15, 0.2) is 47.3 Å². The predicted molar refractivity (Wildman–Crippen MR) is 108 cm³/mol. The molecule has 136 valence electrons. The Hall–Kier alpha value is -3.06. The van der Waals surface area contributed by atoms with E-state index in [9.17, 15) is 9.59 Å². The third-order valence-corrected chi connectivity index (χ3v) is 5.28. The van der Waals surface area contributed by atoms with Crippen molar-refractivity contribution in [2.45, 2.75) is 26.2 Å². The first-order valence-corrected chi connectivity index (χ1v) is 9.56. The highest BCUT2D eigenvalue weighted by molar-refractivity contribution is 7.22. The topological polar surface area (TPSA) is 87.7 Å². The number of hydrogen-bond acceptors (Lipinski definition) is 5. The average molecular weight is 378 g/mol. The van der Waals surface area contributed by atoms with Gasteiger partial charge in [-0.2, -0.15) is 0 Å². The van der Waals surface area contributed by atoms with Crippen molar-refractivity contribution in [3.63, 3.8) is 0 Å². The van der Waals surface area contributed by atoms with Crippen molar-refractivity contribution in [2.75, 3.05) is 5.32 Å². The lowest BCUT2D eigenvalue weighted by Gasteiger charge is -2.03. The van der Waals surface area contributed by atoms with E-state index in [-0.39, 0.29) is 11.5 Å². The number of aromatic nitrogens is 3. The summed E-state index contributed by atoms with van der Waals surface area (Å²) in [5.41, 5.74) is 2.54. The van der Waals surface area contributed by atoms with E-state index in [0.717, 1.165) is 15.8 Å². The molecule has 0 saturated heterocycles. The number of fused-ring (bicyclic) bond motifs is 2. The summed E-state index contributed by atoms with van der Waals surface area (Å²) in [5, 5.41) is 4.05. The van der Waals surface area contributed by atoms with Gasteiger partial charge in [0.2, 0.25) is 5.91 Å². The van der Waals surface area contributed by atoms with Crippen molar-refractivity contribution in [1.29, 1.82) is 0 Å². The number of nitrogens with one attached hydrogen (secondary N) is 2. The van der Waals surface area contributed by atoms with Gasteiger partial charge in [-0.05, 0) is 37.1 Å². The van der Waals surface area contributed by atoms with Gasteiger partial charge >= 0.3 is 0 Å². The minimum Gasteiger partial charge on any atom is -0.310 e. The summed E-state index contributed by atoms with van der Waals surface area (Å²) in [6, 6.07) is 13.2. The van der Waals surface area contributed by atoms with E-state index in [0.29, 0.717) is 41.1 Å². The molecule has 2 N–H and O–H groups in total. The van der Waals surface area contributed by atoms with Crippen LogP contribution in [-0.4, -0.2) is 20.9 Å². The summed E-state index contributed by atoms with van der Waals surface area (Å²) in [6.45, 7) is 2.00. The standard InChI is InChI=1S/C20H18N4O2S/c1-12-6-4-9-15-18(12)24-20(27-15)23-17(25)11-5-10-16-21-14-8-3-2-7-13(14)19(26)22-16/h2-4,6-9H,5,10-11H2,1H3,(H,21,22,26)(H,23,24,25). The summed E-state index contributed by atoms with van der Waals surface area (Å²) in [5.74, 6) is 0.511. The van der Waals surface area contributed by atoms with E-state index in [1.54, 1.807) is 6.07 Å². The third kappa shape index (κ3) is 3.73. The Kier molecular flexibility index (Phi) is 4.68. The molecular weight excluding hydrogens is 360 g/mol. The lowest BCUT2D eigenvalue weighted by molar-refractivity contribution is -0.116. The second-order valence-electron chi connectivity index (χ2n) is 6.37. The van der Waals surface area contributed by atoms with E-state index in [1.807, 2.05) is 43.3 Å². The van der Waals surface area contributed by atoms with Crippen LogP contribution in [0.2, 0.25) is 0 Å². The molecule has 0 aliphatic rings. The summed E-state index contributed by atoms with van der Waals surface area (Å²) >= 11 is 1.47. The normalized spacial score (nSPS) is 11.1. The summed E-state index contributed by atoms with van der Waals surface area (Å²) in [4.78, 5) is 36.0. The van der Waals surface area contributed by atoms with Gasteiger partial charge in [-0.15, -0.1) is 0 Å². The minimum atomic E-state index is -0.148. The maximum Gasteiger partial charge on any atom is 0.258 e. The molecule has 0 fully saturated rings. The molecule has 27 heavy (non-hydrogen) atoms. The quantitative estimate of drug-likeness (QED) is 0.553. The van der Waals surface area contributed by atoms with Gasteiger partial charge in [0.15, 0.2) is 5.13 Å². The fourth-order valence-corrected chi connectivity index (χ4v) is 3.95. The first-order chi connectivity index (χ1) is 13.1. The highest BCUT2D eigenvalue weighted by atomic mass is 32.1. The number of aromatic amines is 1. The van der Waals surface area contributed by atoms with Crippen molar-refractivity contribution in [1.82, 2.24) is 15.0 Å². The monoisotopic (exact) mass is 378 g/mol. The van der Waals surface area contributed by atoms with Gasteiger partial charge in [0.25, 0.3) is 5.56 Å². The summed E-state index contributed by atoms with van der Waals surface area (Å²) in [7, 11) is 0. The number of para-hydroxylation sites is 2. The van der Waals surface area contributed by atoms with Crippen LogP contribution in [0.3, 0.4) is 0 Å². The van der Waals surface area contributed by atoms with Gasteiger partial charge < -0.3 is 10.3 Å². The Bertz CT molecular complexity index is 1200. The molecule has 4 rings (SSSR count). The van der Waals surface area contributed by atoms with Crippen LogP contribution < -0.4 is 10.9 Å². The van der Waals surface area contributed by atoms with Gasteiger partial charge in [-0.3, -0.25) is 9.59 Å². The van der Waals surface area contributed by atoms with Crippen LogP contribution >= 0.6 is 11.3 Å². The number of benzene rings is 2. The summed E-state index contributed by atoms with van der Waals surface area (Å²) < 4.78 is 1.06. The highest BCUT2D eigenvalue weighted by Gasteiger charge is 2.10. The minimum absolute atomic E-state index is 0.0881. The van der Waals surface area contributed by atoms with Crippen LogP contribution in [0, 0.1) is 6.92 Å². The molecule has 0 unspecified atom stereocenters. The molecule has 0 aliphatic carbocycles. The SMILES string of the molecule is Cc1cccc2sc(NC(=O)CCCc3nc4ccccc4c(=O)[nH]3)nc12. The first kappa shape index (κ1) is 17.4. The fraction of sp³-hybridized carbons (Fsp3) is 0.200.